The third-order valence-corrected chi connectivity index (χ3v) is 7.23. The van der Waals surface area contributed by atoms with Crippen molar-refractivity contribution in [1.29, 1.82) is 0 Å². The van der Waals surface area contributed by atoms with Gasteiger partial charge in [0.2, 0.25) is 6.79 Å². The van der Waals surface area contributed by atoms with E-state index in [1.807, 2.05) is 30.0 Å². The maximum absolute atomic E-state index is 10.4. The highest BCUT2D eigenvalue weighted by molar-refractivity contribution is 7.99. The summed E-state index contributed by atoms with van der Waals surface area (Å²) in [5.74, 6) is 3.42. The Balaban J connectivity index is 1.48. The minimum absolute atomic E-state index is 0.249. The van der Waals surface area contributed by atoms with E-state index in [2.05, 4.69) is 29.2 Å². The number of hydrogen-bond donors (Lipinski definition) is 1. The molecule has 2 heterocycles. The summed E-state index contributed by atoms with van der Waals surface area (Å²) < 4.78 is 21.9. The van der Waals surface area contributed by atoms with Gasteiger partial charge in [-0.05, 0) is 60.5 Å². The number of ether oxygens (including phenoxy) is 4. The van der Waals surface area contributed by atoms with Gasteiger partial charge < -0.3 is 29.0 Å². The van der Waals surface area contributed by atoms with Crippen molar-refractivity contribution in [2.24, 2.45) is 0 Å². The number of rotatable bonds is 5. The van der Waals surface area contributed by atoms with Crippen molar-refractivity contribution in [3.8, 4) is 28.7 Å². The molecule has 5 rings (SSSR count). The topological polar surface area (TPSA) is 60.4 Å². The van der Waals surface area contributed by atoms with Crippen molar-refractivity contribution >= 4 is 17.4 Å². The van der Waals surface area contributed by atoms with Crippen molar-refractivity contribution in [3.63, 3.8) is 0 Å². The lowest BCUT2D eigenvalue weighted by Gasteiger charge is -2.25. The summed E-state index contributed by atoms with van der Waals surface area (Å²) in [5, 5.41) is 10.7. The Bertz CT molecular complexity index is 1140. The zero-order valence-electron chi connectivity index (χ0n) is 18.0. The first-order valence-electron chi connectivity index (χ1n) is 10.5. The van der Waals surface area contributed by atoms with Gasteiger partial charge in [-0.15, -0.1) is 11.8 Å². The van der Waals surface area contributed by atoms with Gasteiger partial charge in [0.05, 0.1) is 19.9 Å². The first-order chi connectivity index (χ1) is 15.6. The standard InChI is InChI=1S/C25H25NO5S/c1-28-18-5-7-21(27)17(11-18)14-26-10-9-24(16-3-8-22-23(12-16)31-15-30-22)32-25-13-19(29-2)4-6-20(25)26/h3-8,11-13,24,27H,9-10,14-15H2,1-2H3/t24-/m0/s1. The van der Waals surface area contributed by atoms with Crippen molar-refractivity contribution in [3.05, 3.63) is 65.7 Å². The predicted molar refractivity (Wildman–Crippen MR) is 124 cm³/mol. The maximum Gasteiger partial charge on any atom is 0.231 e. The average Bonchev–Trinajstić information content (AvgIpc) is 3.22. The number of benzene rings is 3. The van der Waals surface area contributed by atoms with Gasteiger partial charge in [-0.25, -0.2) is 0 Å². The fourth-order valence-electron chi connectivity index (χ4n) is 4.12. The SMILES string of the molecule is COc1ccc(O)c(CN2CC[C@@H](c3ccc4c(c3)OCO4)Sc3cc(OC)ccc32)c1. The highest BCUT2D eigenvalue weighted by Crippen LogP contribution is 2.48. The van der Waals surface area contributed by atoms with Gasteiger partial charge in [-0.2, -0.15) is 0 Å². The quantitative estimate of drug-likeness (QED) is 0.559. The Morgan fingerprint density at radius 2 is 1.75 bits per heavy atom. The van der Waals surface area contributed by atoms with Gasteiger partial charge in [0.1, 0.15) is 17.2 Å². The second kappa shape index (κ2) is 8.74. The molecular weight excluding hydrogens is 426 g/mol. The molecule has 0 fully saturated rings. The van der Waals surface area contributed by atoms with Gasteiger partial charge in [0.25, 0.3) is 0 Å². The molecule has 32 heavy (non-hydrogen) atoms. The monoisotopic (exact) mass is 451 g/mol. The van der Waals surface area contributed by atoms with Gasteiger partial charge in [-0.1, -0.05) is 6.07 Å². The van der Waals surface area contributed by atoms with Crippen LogP contribution in [0.4, 0.5) is 5.69 Å². The van der Waals surface area contributed by atoms with Crippen molar-refractivity contribution in [2.75, 3.05) is 32.5 Å². The van der Waals surface area contributed by atoms with Crippen LogP contribution in [0.3, 0.4) is 0 Å². The number of nitrogens with zero attached hydrogens (tertiary/aromatic N) is 1. The number of methoxy groups -OCH3 is 2. The van der Waals surface area contributed by atoms with E-state index in [1.54, 1.807) is 26.4 Å². The molecular formula is C25H25NO5S. The molecule has 0 saturated carbocycles. The molecule has 0 unspecified atom stereocenters. The fourth-order valence-corrected chi connectivity index (χ4v) is 5.43. The summed E-state index contributed by atoms with van der Waals surface area (Å²) in [4.78, 5) is 3.45. The molecule has 0 aromatic heterocycles. The Labute approximate surface area is 191 Å². The highest BCUT2D eigenvalue weighted by Gasteiger charge is 2.26. The predicted octanol–water partition coefficient (Wildman–Crippen LogP) is 5.38. The second-order valence-corrected chi connectivity index (χ2v) is 9.00. The molecule has 0 radical (unpaired) electrons. The van der Waals surface area contributed by atoms with Crippen LogP contribution in [-0.4, -0.2) is 32.7 Å². The zero-order valence-corrected chi connectivity index (χ0v) is 18.9. The molecule has 7 heteroatoms. The molecule has 166 valence electrons. The highest BCUT2D eigenvalue weighted by atomic mass is 32.2. The van der Waals surface area contributed by atoms with Crippen LogP contribution in [-0.2, 0) is 6.54 Å². The summed E-state index contributed by atoms with van der Waals surface area (Å²) in [6, 6.07) is 17.7. The number of fused-ring (bicyclic) bond motifs is 2. The lowest BCUT2D eigenvalue weighted by molar-refractivity contribution is 0.174. The molecule has 0 spiro atoms. The zero-order chi connectivity index (χ0) is 22.1. The molecule has 0 saturated heterocycles. The van der Waals surface area contributed by atoms with Crippen molar-refractivity contribution in [2.45, 2.75) is 23.1 Å². The maximum atomic E-state index is 10.4. The van der Waals surface area contributed by atoms with E-state index in [9.17, 15) is 5.11 Å². The molecule has 0 aliphatic carbocycles. The molecule has 0 amide bonds. The van der Waals surface area contributed by atoms with Gasteiger partial charge >= 0.3 is 0 Å². The molecule has 3 aromatic carbocycles. The van der Waals surface area contributed by atoms with Crippen LogP contribution >= 0.6 is 11.8 Å². The van der Waals surface area contributed by atoms with E-state index in [0.717, 1.165) is 52.1 Å². The first kappa shape index (κ1) is 20.7. The fraction of sp³-hybridized carbons (Fsp3) is 0.280. The largest absolute Gasteiger partial charge is 0.508 e. The van der Waals surface area contributed by atoms with Gasteiger partial charge in [0.15, 0.2) is 11.5 Å². The Morgan fingerprint density at radius 1 is 0.969 bits per heavy atom. The summed E-state index contributed by atoms with van der Waals surface area (Å²) in [5.41, 5.74) is 3.16. The minimum atomic E-state index is 0.249. The summed E-state index contributed by atoms with van der Waals surface area (Å²) in [6.45, 7) is 1.69. The summed E-state index contributed by atoms with van der Waals surface area (Å²) in [7, 11) is 3.32. The third kappa shape index (κ3) is 4.00. The molecule has 0 bridgehead atoms. The third-order valence-electron chi connectivity index (χ3n) is 5.85. The Hall–Kier alpha value is -3.19. The van der Waals surface area contributed by atoms with E-state index in [0.29, 0.717) is 6.54 Å². The van der Waals surface area contributed by atoms with Crippen LogP contribution in [0.1, 0.15) is 22.8 Å². The van der Waals surface area contributed by atoms with Crippen molar-refractivity contribution in [1.82, 2.24) is 0 Å². The van der Waals surface area contributed by atoms with E-state index < -0.39 is 0 Å². The number of phenols is 1. The van der Waals surface area contributed by atoms with Crippen LogP contribution in [0.15, 0.2) is 59.5 Å². The van der Waals surface area contributed by atoms with E-state index in [1.165, 1.54) is 5.56 Å². The number of phenolic OH excluding ortho intramolecular Hbond substituents is 1. The number of hydrogen-bond acceptors (Lipinski definition) is 7. The van der Waals surface area contributed by atoms with Gasteiger partial charge in [-0.3, -0.25) is 0 Å². The van der Waals surface area contributed by atoms with Crippen LogP contribution in [0.5, 0.6) is 28.7 Å². The normalized spacial score (nSPS) is 16.9. The molecule has 2 aliphatic heterocycles. The summed E-state index contributed by atoms with van der Waals surface area (Å²) >= 11 is 1.83. The van der Waals surface area contributed by atoms with E-state index in [4.69, 9.17) is 18.9 Å². The number of aromatic hydroxyl groups is 1. The average molecular weight is 452 g/mol. The van der Waals surface area contributed by atoms with Crippen molar-refractivity contribution < 1.29 is 24.1 Å². The van der Waals surface area contributed by atoms with E-state index in [-0.39, 0.29) is 17.8 Å². The second-order valence-electron chi connectivity index (χ2n) is 7.76. The first-order valence-corrected chi connectivity index (χ1v) is 11.4. The van der Waals surface area contributed by atoms with Gasteiger partial charge in [0, 0.05) is 28.8 Å². The molecule has 1 atom stereocenters. The van der Waals surface area contributed by atoms with E-state index >= 15 is 0 Å². The minimum Gasteiger partial charge on any atom is -0.508 e. The lowest BCUT2D eigenvalue weighted by atomic mass is 10.1. The number of thioether (sulfide) groups is 1. The van der Waals surface area contributed by atoms with Crippen LogP contribution in [0, 0.1) is 0 Å². The smallest absolute Gasteiger partial charge is 0.231 e. The lowest BCUT2D eigenvalue weighted by Crippen LogP contribution is -2.24. The summed E-state index contributed by atoms with van der Waals surface area (Å²) in [6.07, 6.45) is 0.937. The number of anilines is 1. The van der Waals surface area contributed by atoms with Crippen LogP contribution in [0.25, 0.3) is 0 Å². The Kier molecular flexibility index (Phi) is 5.66. The molecule has 3 aromatic rings. The molecule has 1 N–H and O–H groups in total. The van der Waals surface area contributed by atoms with Crippen LogP contribution in [0.2, 0.25) is 0 Å². The molecule has 2 aliphatic rings. The molecule has 6 nitrogen and oxygen atoms in total. The van der Waals surface area contributed by atoms with Crippen LogP contribution < -0.4 is 23.8 Å². The Morgan fingerprint density at radius 3 is 2.59 bits per heavy atom.